The van der Waals surface area contributed by atoms with E-state index in [-0.39, 0.29) is 16.4 Å². The van der Waals surface area contributed by atoms with Gasteiger partial charge in [-0.15, -0.1) is 0 Å². The van der Waals surface area contributed by atoms with Gasteiger partial charge in [0, 0.05) is 24.7 Å². The molecule has 1 N–H and O–H groups in total. The van der Waals surface area contributed by atoms with Gasteiger partial charge in [0.15, 0.2) is 0 Å². The van der Waals surface area contributed by atoms with Gasteiger partial charge >= 0.3 is 0 Å². The number of benzene rings is 2. The summed E-state index contributed by atoms with van der Waals surface area (Å²) in [6.07, 6.45) is 12.0. The lowest BCUT2D eigenvalue weighted by atomic mass is 9.58. The molecule has 1 heterocycles. The summed E-state index contributed by atoms with van der Waals surface area (Å²) < 4.78 is 24.4. The summed E-state index contributed by atoms with van der Waals surface area (Å²) in [5.74, 6) is -1.04. The van der Waals surface area contributed by atoms with Crippen molar-refractivity contribution in [1.82, 2.24) is 10.3 Å². The standard InChI is InChI=1S/C28H38N2.C7H6F2/c1-7-26(4,5)27(6)18-13-16-24(21-27)28(30-22(2)3,25-17-11-12-19-29-25)20-23-14-9-8-10-15-23;1-5-2-6(8)4-7(9)3-5/h8-19,22,30H,7,20-21H2,1-6H3;2-4H,1H3. The van der Waals surface area contributed by atoms with E-state index in [1.807, 2.05) is 12.3 Å². The number of hydrogen-bond donors (Lipinski definition) is 1. The number of hydrogen-bond acceptors (Lipinski definition) is 2. The predicted octanol–water partition coefficient (Wildman–Crippen LogP) is 9.12. The summed E-state index contributed by atoms with van der Waals surface area (Å²) in [5.41, 5.74) is 4.42. The molecule has 0 saturated carbocycles. The quantitative estimate of drug-likeness (QED) is 0.314. The maximum Gasteiger partial charge on any atom is 0.126 e. The topological polar surface area (TPSA) is 24.9 Å². The Kier molecular flexibility index (Phi) is 10.0. The number of allylic oxidation sites excluding steroid dienone is 3. The minimum Gasteiger partial charge on any atom is -0.300 e. The molecule has 2 aromatic carbocycles. The van der Waals surface area contributed by atoms with Gasteiger partial charge < -0.3 is 5.32 Å². The largest absolute Gasteiger partial charge is 0.300 e. The van der Waals surface area contributed by atoms with Gasteiger partial charge in [-0.3, -0.25) is 4.98 Å². The van der Waals surface area contributed by atoms with Gasteiger partial charge in [0.05, 0.1) is 11.2 Å². The maximum absolute atomic E-state index is 12.2. The summed E-state index contributed by atoms with van der Waals surface area (Å²) in [6, 6.07) is 20.9. The van der Waals surface area contributed by atoms with Gasteiger partial charge in [-0.25, -0.2) is 8.78 Å². The van der Waals surface area contributed by atoms with Crippen LogP contribution in [0.3, 0.4) is 0 Å². The van der Waals surface area contributed by atoms with Crippen molar-refractivity contribution in [1.29, 1.82) is 0 Å². The summed E-state index contributed by atoms with van der Waals surface area (Å²) in [4.78, 5) is 4.88. The molecule has 2 unspecified atom stereocenters. The van der Waals surface area contributed by atoms with E-state index in [1.54, 1.807) is 6.92 Å². The highest BCUT2D eigenvalue weighted by Gasteiger charge is 2.45. The first-order valence-electron chi connectivity index (χ1n) is 14.0. The molecule has 1 aliphatic carbocycles. The van der Waals surface area contributed by atoms with Crippen molar-refractivity contribution in [2.75, 3.05) is 0 Å². The van der Waals surface area contributed by atoms with Crippen molar-refractivity contribution in [3.05, 3.63) is 125 Å². The first-order valence-corrected chi connectivity index (χ1v) is 14.0. The molecule has 4 heteroatoms. The maximum atomic E-state index is 12.2. The average Bonchev–Trinajstić information content (AvgIpc) is 2.88. The molecule has 2 atom stereocenters. The van der Waals surface area contributed by atoms with E-state index in [1.165, 1.54) is 23.3 Å². The highest BCUT2D eigenvalue weighted by molar-refractivity contribution is 5.40. The molecule has 2 nitrogen and oxygen atoms in total. The second-order valence-electron chi connectivity index (χ2n) is 11.9. The molecule has 0 amide bonds. The van der Waals surface area contributed by atoms with Crippen molar-refractivity contribution in [3.63, 3.8) is 0 Å². The predicted molar refractivity (Wildman–Crippen MR) is 159 cm³/mol. The number of rotatable bonds is 8. The van der Waals surface area contributed by atoms with Crippen LogP contribution >= 0.6 is 0 Å². The number of nitrogens with zero attached hydrogens (tertiary/aromatic N) is 1. The van der Waals surface area contributed by atoms with Crippen molar-refractivity contribution < 1.29 is 8.78 Å². The Balaban J connectivity index is 0.000000395. The van der Waals surface area contributed by atoms with Crippen LogP contribution in [0.15, 0.2) is 96.7 Å². The Morgan fingerprint density at radius 2 is 1.62 bits per heavy atom. The lowest BCUT2D eigenvalue weighted by Gasteiger charge is -2.48. The Morgan fingerprint density at radius 1 is 0.974 bits per heavy atom. The van der Waals surface area contributed by atoms with Crippen molar-refractivity contribution in [2.45, 2.75) is 79.3 Å². The molecule has 39 heavy (non-hydrogen) atoms. The molecular weight excluding hydrogens is 486 g/mol. The number of pyridine rings is 1. The fourth-order valence-electron chi connectivity index (χ4n) is 5.34. The van der Waals surface area contributed by atoms with Crippen LogP contribution in [-0.4, -0.2) is 11.0 Å². The van der Waals surface area contributed by atoms with E-state index in [0.717, 1.165) is 31.0 Å². The minimum atomic E-state index is -0.521. The number of aryl methyl sites for hydroxylation is 1. The van der Waals surface area contributed by atoms with Crippen LogP contribution in [-0.2, 0) is 12.0 Å². The fraction of sp³-hybridized carbons (Fsp3) is 0.400. The molecule has 1 aromatic heterocycles. The third kappa shape index (κ3) is 7.51. The second kappa shape index (κ2) is 12.8. The first-order chi connectivity index (χ1) is 18.4. The molecule has 0 fully saturated rings. The average molecular weight is 531 g/mol. The normalized spacial score (nSPS) is 18.7. The van der Waals surface area contributed by atoms with Crippen LogP contribution in [0.1, 0.15) is 71.2 Å². The second-order valence-corrected chi connectivity index (χ2v) is 11.9. The van der Waals surface area contributed by atoms with E-state index in [4.69, 9.17) is 4.98 Å². The summed E-state index contributed by atoms with van der Waals surface area (Å²) in [5, 5.41) is 3.97. The van der Waals surface area contributed by atoms with Gasteiger partial charge in [-0.2, -0.15) is 0 Å². The van der Waals surface area contributed by atoms with Crippen LogP contribution in [0, 0.1) is 29.4 Å². The summed E-state index contributed by atoms with van der Waals surface area (Å²) >= 11 is 0. The van der Waals surface area contributed by atoms with Gasteiger partial charge in [-0.1, -0.05) is 88.7 Å². The third-order valence-corrected chi connectivity index (χ3v) is 8.25. The van der Waals surface area contributed by atoms with Crippen LogP contribution < -0.4 is 5.32 Å². The van der Waals surface area contributed by atoms with Gasteiger partial charge in [0.2, 0.25) is 0 Å². The van der Waals surface area contributed by atoms with Crippen LogP contribution in [0.4, 0.5) is 8.78 Å². The van der Waals surface area contributed by atoms with E-state index >= 15 is 0 Å². The lowest BCUT2D eigenvalue weighted by molar-refractivity contribution is 0.127. The molecule has 208 valence electrons. The molecule has 0 bridgehead atoms. The minimum absolute atomic E-state index is 0.0984. The molecule has 0 saturated heterocycles. The van der Waals surface area contributed by atoms with Gasteiger partial charge in [-0.05, 0) is 79.0 Å². The zero-order valence-corrected chi connectivity index (χ0v) is 24.6. The summed E-state index contributed by atoms with van der Waals surface area (Å²) in [6.45, 7) is 15.6. The van der Waals surface area contributed by atoms with E-state index in [2.05, 4.69) is 108 Å². The van der Waals surface area contributed by atoms with Crippen LogP contribution in [0.2, 0.25) is 0 Å². The fourth-order valence-corrected chi connectivity index (χ4v) is 5.34. The zero-order chi connectivity index (χ0) is 28.7. The SMILES string of the molecule is CCC(C)(C)C1(C)C=CC=C(C(Cc2ccccc2)(NC(C)C)c2ccccn2)C1.Cc1cc(F)cc(F)c1. The molecule has 0 radical (unpaired) electrons. The van der Waals surface area contributed by atoms with Crippen LogP contribution in [0.5, 0.6) is 0 Å². The monoisotopic (exact) mass is 530 g/mol. The zero-order valence-electron chi connectivity index (χ0n) is 24.6. The molecule has 0 aliphatic heterocycles. The summed E-state index contributed by atoms with van der Waals surface area (Å²) in [7, 11) is 0. The molecule has 0 spiro atoms. The molecule has 4 rings (SSSR count). The van der Waals surface area contributed by atoms with Crippen molar-refractivity contribution in [3.8, 4) is 0 Å². The molecule has 1 aliphatic rings. The Morgan fingerprint density at radius 3 is 2.15 bits per heavy atom. The molecule has 3 aromatic rings. The smallest absolute Gasteiger partial charge is 0.126 e. The van der Waals surface area contributed by atoms with Crippen molar-refractivity contribution in [2.24, 2.45) is 10.8 Å². The third-order valence-electron chi connectivity index (χ3n) is 8.25. The lowest BCUT2D eigenvalue weighted by Crippen LogP contribution is -2.51. The Labute approximate surface area is 234 Å². The van der Waals surface area contributed by atoms with Gasteiger partial charge in [0.1, 0.15) is 11.6 Å². The number of halogens is 2. The number of nitrogens with one attached hydrogen (secondary N) is 1. The van der Waals surface area contributed by atoms with E-state index in [0.29, 0.717) is 11.6 Å². The highest BCUT2D eigenvalue weighted by atomic mass is 19.1. The highest BCUT2D eigenvalue weighted by Crippen LogP contribution is 2.51. The Bertz CT molecular complexity index is 1210. The van der Waals surface area contributed by atoms with Crippen molar-refractivity contribution >= 4 is 0 Å². The first kappa shape index (κ1) is 30.4. The molecular formula is C35H44F2N2. The van der Waals surface area contributed by atoms with E-state index in [9.17, 15) is 8.78 Å². The van der Waals surface area contributed by atoms with E-state index < -0.39 is 11.6 Å². The van der Waals surface area contributed by atoms with Crippen LogP contribution in [0.25, 0.3) is 0 Å². The van der Waals surface area contributed by atoms with Gasteiger partial charge in [0.25, 0.3) is 0 Å². The Hall–Kier alpha value is -3.11. The number of aromatic nitrogens is 1.